The van der Waals surface area contributed by atoms with Crippen molar-refractivity contribution in [3.05, 3.63) is 24.3 Å². The zero-order valence-electron chi connectivity index (χ0n) is 12.0. The van der Waals surface area contributed by atoms with Crippen LogP contribution < -0.4 is 9.64 Å². The van der Waals surface area contributed by atoms with E-state index in [0.717, 1.165) is 11.4 Å². The quantitative estimate of drug-likeness (QED) is 0.777. The molecule has 1 saturated heterocycles. The second kappa shape index (κ2) is 6.23. The maximum absolute atomic E-state index is 12.0. The van der Waals surface area contributed by atoms with Gasteiger partial charge in [0, 0.05) is 35.3 Å². The number of hydrogen-bond acceptors (Lipinski definition) is 4. The summed E-state index contributed by atoms with van der Waals surface area (Å²) in [5.41, 5.74) is 0.741. The van der Waals surface area contributed by atoms with Crippen molar-refractivity contribution < 1.29 is 17.9 Å². The van der Waals surface area contributed by atoms with E-state index in [2.05, 4.69) is 0 Å². The van der Waals surface area contributed by atoms with Crippen LogP contribution in [0.2, 0.25) is 0 Å². The lowest BCUT2D eigenvalue weighted by Crippen LogP contribution is -2.25. The Kier molecular flexibility index (Phi) is 4.78. The van der Waals surface area contributed by atoms with Crippen LogP contribution in [0.4, 0.5) is 5.69 Å². The molecular weight excluding hydrogens is 314 g/mol. The number of rotatable bonds is 5. The van der Waals surface area contributed by atoms with E-state index in [1.54, 1.807) is 29.2 Å². The standard InChI is InChI=1S/C14H18ClNO4S/c1-10(2)20-13-5-3-12(4-6-13)16-8-11(7-14(16)17)9-21(15,18)19/h3-6,10-11H,7-9H2,1-2H3. The minimum absolute atomic E-state index is 0.0853. The lowest BCUT2D eigenvalue weighted by molar-refractivity contribution is -0.117. The van der Waals surface area contributed by atoms with Crippen molar-refractivity contribution in [2.24, 2.45) is 5.92 Å². The molecule has 1 fully saturated rings. The molecule has 1 aliphatic rings. The van der Waals surface area contributed by atoms with Crippen molar-refractivity contribution in [1.29, 1.82) is 0 Å². The van der Waals surface area contributed by atoms with Crippen LogP contribution in [0.15, 0.2) is 24.3 Å². The second-order valence-electron chi connectivity index (χ2n) is 5.44. The second-order valence-corrected chi connectivity index (χ2v) is 8.26. The maximum Gasteiger partial charge on any atom is 0.232 e. The molecule has 1 unspecified atom stereocenters. The van der Waals surface area contributed by atoms with Gasteiger partial charge in [0.2, 0.25) is 15.0 Å². The largest absolute Gasteiger partial charge is 0.491 e. The summed E-state index contributed by atoms with van der Waals surface area (Å²) in [5.74, 6) is 0.218. The molecule has 1 atom stereocenters. The number of anilines is 1. The molecule has 0 spiro atoms. The number of halogens is 1. The van der Waals surface area contributed by atoms with E-state index in [0.29, 0.717) is 6.54 Å². The minimum Gasteiger partial charge on any atom is -0.491 e. The molecule has 1 aliphatic heterocycles. The molecule has 1 amide bonds. The number of ether oxygens (including phenoxy) is 1. The summed E-state index contributed by atoms with van der Waals surface area (Å²) in [7, 11) is 1.67. The normalized spacial score (nSPS) is 19.3. The zero-order chi connectivity index (χ0) is 15.6. The van der Waals surface area contributed by atoms with Gasteiger partial charge in [0.15, 0.2) is 0 Å². The van der Waals surface area contributed by atoms with Crippen LogP contribution in [0.25, 0.3) is 0 Å². The number of amides is 1. The Balaban J connectivity index is 2.06. The first-order chi connectivity index (χ1) is 9.74. The third-order valence-electron chi connectivity index (χ3n) is 3.16. The molecule has 1 aromatic rings. The van der Waals surface area contributed by atoms with E-state index in [9.17, 15) is 13.2 Å². The number of nitrogens with zero attached hydrogens (tertiary/aromatic N) is 1. The molecule has 2 rings (SSSR count). The van der Waals surface area contributed by atoms with Gasteiger partial charge in [-0.05, 0) is 38.1 Å². The molecule has 0 radical (unpaired) electrons. The summed E-state index contributed by atoms with van der Waals surface area (Å²) in [6.07, 6.45) is 0.290. The molecule has 0 aliphatic carbocycles. The van der Waals surface area contributed by atoms with Gasteiger partial charge in [0.05, 0.1) is 11.9 Å². The number of benzene rings is 1. The predicted octanol–water partition coefficient (Wildman–Crippen LogP) is 2.40. The topological polar surface area (TPSA) is 63.7 Å². The highest BCUT2D eigenvalue weighted by atomic mass is 35.7. The molecule has 116 valence electrons. The van der Waals surface area contributed by atoms with Gasteiger partial charge >= 0.3 is 0 Å². The van der Waals surface area contributed by atoms with Crippen molar-refractivity contribution in [2.45, 2.75) is 26.4 Å². The summed E-state index contributed by atoms with van der Waals surface area (Å²) in [6, 6.07) is 7.20. The fraction of sp³-hybridized carbons (Fsp3) is 0.500. The molecule has 7 heteroatoms. The third kappa shape index (κ3) is 4.61. The van der Waals surface area contributed by atoms with Crippen molar-refractivity contribution in [3.63, 3.8) is 0 Å². The van der Waals surface area contributed by atoms with Crippen LogP contribution in [-0.4, -0.2) is 32.7 Å². The van der Waals surface area contributed by atoms with Crippen LogP contribution in [0.5, 0.6) is 5.75 Å². The van der Waals surface area contributed by atoms with Gasteiger partial charge in [-0.2, -0.15) is 0 Å². The first kappa shape index (κ1) is 16.1. The lowest BCUT2D eigenvalue weighted by atomic mass is 10.1. The van der Waals surface area contributed by atoms with Gasteiger partial charge in [-0.3, -0.25) is 4.79 Å². The van der Waals surface area contributed by atoms with E-state index in [4.69, 9.17) is 15.4 Å². The fourth-order valence-electron chi connectivity index (χ4n) is 2.40. The highest BCUT2D eigenvalue weighted by Gasteiger charge is 2.33. The molecule has 0 bridgehead atoms. The van der Waals surface area contributed by atoms with Crippen LogP contribution in [-0.2, 0) is 13.8 Å². The third-order valence-corrected chi connectivity index (χ3v) is 4.41. The van der Waals surface area contributed by atoms with Crippen molar-refractivity contribution >= 4 is 31.3 Å². The van der Waals surface area contributed by atoms with Crippen molar-refractivity contribution in [2.75, 3.05) is 17.2 Å². The van der Waals surface area contributed by atoms with E-state index in [1.807, 2.05) is 13.8 Å². The van der Waals surface area contributed by atoms with Crippen LogP contribution >= 0.6 is 10.7 Å². The predicted molar refractivity (Wildman–Crippen MR) is 82.3 cm³/mol. The summed E-state index contributed by atoms with van der Waals surface area (Å²) in [5, 5.41) is 0. The minimum atomic E-state index is -3.58. The first-order valence-electron chi connectivity index (χ1n) is 6.74. The molecule has 0 N–H and O–H groups in total. The molecule has 1 aromatic carbocycles. The van der Waals surface area contributed by atoms with Gasteiger partial charge in [0.1, 0.15) is 5.75 Å². The lowest BCUT2D eigenvalue weighted by Gasteiger charge is -2.17. The number of carbonyl (C=O) groups is 1. The molecule has 21 heavy (non-hydrogen) atoms. The van der Waals surface area contributed by atoms with Gasteiger partial charge in [-0.1, -0.05) is 0 Å². The SMILES string of the molecule is CC(C)Oc1ccc(N2CC(CS(=O)(=O)Cl)CC2=O)cc1. The van der Waals surface area contributed by atoms with Gasteiger partial charge < -0.3 is 9.64 Å². The van der Waals surface area contributed by atoms with E-state index in [-0.39, 0.29) is 30.1 Å². The van der Waals surface area contributed by atoms with Crippen LogP contribution in [0.1, 0.15) is 20.3 Å². The highest BCUT2D eigenvalue weighted by Crippen LogP contribution is 2.28. The van der Waals surface area contributed by atoms with Gasteiger partial charge in [-0.25, -0.2) is 8.42 Å². The van der Waals surface area contributed by atoms with E-state index < -0.39 is 9.05 Å². The van der Waals surface area contributed by atoms with Crippen LogP contribution in [0, 0.1) is 5.92 Å². The van der Waals surface area contributed by atoms with Crippen molar-refractivity contribution in [1.82, 2.24) is 0 Å². The monoisotopic (exact) mass is 331 g/mol. The van der Waals surface area contributed by atoms with Gasteiger partial charge in [-0.15, -0.1) is 0 Å². The Labute approximate surface area is 129 Å². The first-order valence-corrected chi connectivity index (χ1v) is 9.22. The number of carbonyl (C=O) groups excluding carboxylic acids is 1. The van der Waals surface area contributed by atoms with Crippen LogP contribution in [0.3, 0.4) is 0 Å². The van der Waals surface area contributed by atoms with Gasteiger partial charge in [0.25, 0.3) is 0 Å². The fourth-order valence-corrected chi connectivity index (χ4v) is 3.72. The Morgan fingerprint density at radius 2 is 1.95 bits per heavy atom. The maximum atomic E-state index is 12.0. The summed E-state index contributed by atoms with van der Waals surface area (Å²) in [4.78, 5) is 13.6. The molecule has 0 saturated carbocycles. The Hall–Kier alpha value is -1.27. The Bertz CT molecular complexity index is 612. The molecule has 1 heterocycles. The van der Waals surface area contributed by atoms with E-state index in [1.165, 1.54) is 0 Å². The smallest absolute Gasteiger partial charge is 0.232 e. The highest BCUT2D eigenvalue weighted by molar-refractivity contribution is 8.13. The summed E-state index contributed by atoms with van der Waals surface area (Å²) < 4.78 is 27.8. The zero-order valence-corrected chi connectivity index (χ0v) is 13.5. The Morgan fingerprint density at radius 3 is 2.48 bits per heavy atom. The van der Waals surface area contributed by atoms with E-state index >= 15 is 0 Å². The Morgan fingerprint density at radius 1 is 1.33 bits per heavy atom. The molecular formula is C14H18ClNO4S. The average molecular weight is 332 g/mol. The summed E-state index contributed by atoms with van der Waals surface area (Å²) >= 11 is 0. The molecule has 0 aromatic heterocycles. The summed E-state index contributed by atoms with van der Waals surface area (Å²) in [6.45, 7) is 4.25. The molecule has 5 nitrogen and oxygen atoms in total. The van der Waals surface area contributed by atoms with Crippen molar-refractivity contribution in [3.8, 4) is 5.75 Å². The average Bonchev–Trinajstić information content (AvgIpc) is 2.68. The number of hydrogen-bond donors (Lipinski definition) is 0.